The fourth-order valence-electron chi connectivity index (χ4n) is 3.03. The van der Waals surface area contributed by atoms with E-state index in [-0.39, 0.29) is 29.7 Å². The molecule has 1 aliphatic heterocycles. The molecule has 1 saturated heterocycles. The van der Waals surface area contributed by atoms with Crippen LogP contribution in [0.5, 0.6) is 0 Å². The van der Waals surface area contributed by atoms with Crippen molar-refractivity contribution in [2.45, 2.75) is 33.7 Å². The maximum absolute atomic E-state index is 14.7. The molecule has 2 nitrogen and oxygen atoms in total. The van der Waals surface area contributed by atoms with Gasteiger partial charge in [0.1, 0.15) is 5.82 Å². The summed E-state index contributed by atoms with van der Waals surface area (Å²) in [5.41, 5.74) is 1.24. The lowest BCUT2D eigenvalue weighted by Crippen LogP contribution is -2.48. The van der Waals surface area contributed by atoms with Crippen LogP contribution in [0.2, 0.25) is 5.02 Å². The highest BCUT2D eigenvalue weighted by Crippen LogP contribution is 2.42. The zero-order valence-corrected chi connectivity index (χ0v) is 14.7. The minimum absolute atomic E-state index is 0. The first-order valence-electron chi connectivity index (χ1n) is 7.21. The molecule has 1 fully saturated rings. The summed E-state index contributed by atoms with van der Waals surface area (Å²) in [5, 5.41) is 3.88. The molecule has 1 atom stereocenters. The van der Waals surface area contributed by atoms with Gasteiger partial charge in [-0.15, -0.1) is 12.4 Å². The molecule has 0 amide bonds. The standard InChI is InChI=1S/C16H24ClFN2.ClH/c1-11-5-6-12(17)13(14(11)18)15(16(2,3)4)20-9-7-19-8-10-20;/h5-6,15,19H,7-10H2,1-4H3;1H/t15-;/m0./s1. The number of nitrogens with one attached hydrogen (secondary N) is 1. The van der Waals surface area contributed by atoms with Gasteiger partial charge in [0.15, 0.2) is 0 Å². The number of rotatable bonds is 2. The molecule has 1 aromatic carbocycles. The van der Waals surface area contributed by atoms with Crippen molar-refractivity contribution in [3.05, 3.63) is 34.1 Å². The zero-order chi connectivity index (χ0) is 14.9. The van der Waals surface area contributed by atoms with Gasteiger partial charge in [0.25, 0.3) is 0 Å². The number of hydrogen-bond acceptors (Lipinski definition) is 2. The van der Waals surface area contributed by atoms with Gasteiger partial charge in [0.2, 0.25) is 0 Å². The Bertz CT molecular complexity index is 480. The van der Waals surface area contributed by atoms with Gasteiger partial charge in [-0.2, -0.15) is 0 Å². The summed E-state index contributed by atoms with van der Waals surface area (Å²) >= 11 is 6.34. The van der Waals surface area contributed by atoms with Gasteiger partial charge >= 0.3 is 0 Å². The van der Waals surface area contributed by atoms with E-state index < -0.39 is 0 Å². The molecule has 0 radical (unpaired) electrons. The van der Waals surface area contributed by atoms with Crippen molar-refractivity contribution < 1.29 is 4.39 Å². The average molecular weight is 335 g/mol. The zero-order valence-electron chi connectivity index (χ0n) is 13.2. The lowest BCUT2D eigenvalue weighted by atomic mass is 9.80. The Morgan fingerprint density at radius 2 is 1.81 bits per heavy atom. The lowest BCUT2D eigenvalue weighted by molar-refractivity contribution is 0.0834. The minimum atomic E-state index is -0.157. The summed E-state index contributed by atoms with van der Waals surface area (Å²) in [6, 6.07) is 3.56. The van der Waals surface area contributed by atoms with E-state index in [1.807, 2.05) is 6.07 Å². The van der Waals surface area contributed by atoms with Gasteiger partial charge in [0, 0.05) is 42.8 Å². The molecule has 1 aromatic rings. The molecule has 120 valence electrons. The van der Waals surface area contributed by atoms with Crippen LogP contribution in [0.3, 0.4) is 0 Å². The maximum Gasteiger partial charge on any atom is 0.132 e. The highest BCUT2D eigenvalue weighted by molar-refractivity contribution is 6.31. The van der Waals surface area contributed by atoms with E-state index in [4.69, 9.17) is 11.6 Å². The summed E-state index contributed by atoms with van der Waals surface area (Å²) in [5.74, 6) is -0.157. The fourth-order valence-corrected chi connectivity index (χ4v) is 3.28. The Balaban J connectivity index is 0.00000220. The van der Waals surface area contributed by atoms with Crippen molar-refractivity contribution in [2.75, 3.05) is 26.2 Å². The third-order valence-electron chi connectivity index (χ3n) is 3.93. The van der Waals surface area contributed by atoms with Crippen LogP contribution in [0.25, 0.3) is 0 Å². The number of benzene rings is 1. The number of aryl methyl sites for hydroxylation is 1. The van der Waals surface area contributed by atoms with Crippen molar-refractivity contribution in [1.82, 2.24) is 10.2 Å². The Labute approximate surface area is 138 Å². The van der Waals surface area contributed by atoms with Crippen LogP contribution in [0.1, 0.15) is 37.9 Å². The highest BCUT2D eigenvalue weighted by atomic mass is 35.5. The molecule has 0 bridgehead atoms. The summed E-state index contributed by atoms with van der Waals surface area (Å²) < 4.78 is 14.7. The lowest BCUT2D eigenvalue weighted by Gasteiger charge is -2.43. The van der Waals surface area contributed by atoms with Crippen LogP contribution in [0.4, 0.5) is 4.39 Å². The summed E-state index contributed by atoms with van der Waals surface area (Å²) in [6.45, 7) is 12.0. The van der Waals surface area contributed by atoms with Gasteiger partial charge in [-0.1, -0.05) is 38.4 Å². The third kappa shape index (κ3) is 4.10. The first-order chi connectivity index (χ1) is 9.32. The van der Waals surface area contributed by atoms with Crippen molar-refractivity contribution in [2.24, 2.45) is 5.41 Å². The van der Waals surface area contributed by atoms with Crippen molar-refractivity contribution in [3.8, 4) is 0 Å². The normalized spacial score (nSPS) is 18.2. The second kappa shape index (κ2) is 7.28. The third-order valence-corrected chi connectivity index (χ3v) is 4.26. The van der Waals surface area contributed by atoms with Crippen LogP contribution in [-0.4, -0.2) is 31.1 Å². The van der Waals surface area contributed by atoms with Crippen molar-refractivity contribution >= 4 is 24.0 Å². The molecule has 0 spiro atoms. The molecule has 0 aliphatic carbocycles. The van der Waals surface area contributed by atoms with E-state index >= 15 is 0 Å². The first-order valence-corrected chi connectivity index (χ1v) is 7.59. The largest absolute Gasteiger partial charge is 0.314 e. The Morgan fingerprint density at radius 3 is 2.33 bits per heavy atom. The second-order valence-corrected chi connectivity index (χ2v) is 7.05. The van der Waals surface area contributed by atoms with E-state index in [0.29, 0.717) is 16.1 Å². The van der Waals surface area contributed by atoms with Crippen LogP contribution in [-0.2, 0) is 0 Å². The number of hydrogen-bond donors (Lipinski definition) is 1. The molecule has 21 heavy (non-hydrogen) atoms. The monoisotopic (exact) mass is 334 g/mol. The van der Waals surface area contributed by atoms with E-state index in [1.165, 1.54) is 0 Å². The van der Waals surface area contributed by atoms with Crippen LogP contribution in [0.15, 0.2) is 12.1 Å². The van der Waals surface area contributed by atoms with E-state index in [2.05, 4.69) is 31.0 Å². The first kappa shape index (κ1) is 18.7. The van der Waals surface area contributed by atoms with Crippen LogP contribution < -0.4 is 5.32 Å². The predicted octanol–water partition coefficient (Wildman–Crippen LogP) is 4.20. The number of piperazine rings is 1. The van der Waals surface area contributed by atoms with Crippen molar-refractivity contribution in [3.63, 3.8) is 0 Å². The smallest absolute Gasteiger partial charge is 0.132 e. The second-order valence-electron chi connectivity index (χ2n) is 6.65. The molecular formula is C16H25Cl2FN2. The van der Waals surface area contributed by atoms with Gasteiger partial charge in [0.05, 0.1) is 0 Å². The Hall–Kier alpha value is -0.350. The highest BCUT2D eigenvalue weighted by Gasteiger charge is 2.36. The van der Waals surface area contributed by atoms with Crippen molar-refractivity contribution in [1.29, 1.82) is 0 Å². The SMILES string of the molecule is Cc1ccc(Cl)c([C@H](N2CCNCC2)C(C)(C)C)c1F.Cl. The molecule has 0 saturated carbocycles. The van der Waals surface area contributed by atoms with E-state index in [9.17, 15) is 4.39 Å². The molecule has 1 heterocycles. The molecule has 2 rings (SSSR count). The van der Waals surface area contributed by atoms with Crippen LogP contribution >= 0.6 is 24.0 Å². The molecular weight excluding hydrogens is 310 g/mol. The summed E-state index contributed by atoms with van der Waals surface area (Å²) in [7, 11) is 0. The van der Waals surface area contributed by atoms with Gasteiger partial charge in [-0.25, -0.2) is 4.39 Å². The Kier molecular flexibility index (Phi) is 6.48. The predicted molar refractivity (Wildman–Crippen MR) is 90.0 cm³/mol. The molecule has 1 aliphatic rings. The average Bonchev–Trinajstić information content (AvgIpc) is 2.39. The molecule has 5 heteroatoms. The Morgan fingerprint density at radius 1 is 1.24 bits per heavy atom. The van der Waals surface area contributed by atoms with E-state index in [0.717, 1.165) is 26.2 Å². The molecule has 1 N–H and O–H groups in total. The van der Waals surface area contributed by atoms with Gasteiger partial charge in [-0.3, -0.25) is 4.90 Å². The maximum atomic E-state index is 14.7. The topological polar surface area (TPSA) is 15.3 Å². The van der Waals surface area contributed by atoms with E-state index in [1.54, 1.807) is 13.0 Å². The summed E-state index contributed by atoms with van der Waals surface area (Å²) in [4.78, 5) is 2.35. The minimum Gasteiger partial charge on any atom is -0.314 e. The number of halogens is 3. The van der Waals surface area contributed by atoms with Crippen LogP contribution in [0, 0.1) is 18.2 Å². The number of nitrogens with zero attached hydrogens (tertiary/aromatic N) is 1. The fraction of sp³-hybridized carbons (Fsp3) is 0.625. The van der Waals surface area contributed by atoms with Gasteiger partial charge < -0.3 is 5.32 Å². The molecule has 0 unspecified atom stereocenters. The van der Waals surface area contributed by atoms with Gasteiger partial charge in [-0.05, 0) is 24.0 Å². The summed E-state index contributed by atoms with van der Waals surface area (Å²) in [6.07, 6.45) is 0. The quantitative estimate of drug-likeness (QED) is 0.871. The molecule has 0 aromatic heterocycles.